The lowest BCUT2D eigenvalue weighted by Crippen LogP contribution is -3.15. The molecule has 1 heterocycles. The van der Waals surface area contributed by atoms with E-state index in [1.807, 2.05) is 20.8 Å². The van der Waals surface area contributed by atoms with Crippen molar-refractivity contribution >= 4 is 22.0 Å². The zero-order valence-electron chi connectivity index (χ0n) is 15.4. The second kappa shape index (κ2) is 8.61. The molecule has 8 nitrogen and oxygen atoms in total. The molecule has 3 amide bonds. The van der Waals surface area contributed by atoms with Crippen molar-refractivity contribution in [1.82, 2.24) is 14.9 Å². The van der Waals surface area contributed by atoms with Crippen LogP contribution in [0.3, 0.4) is 0 Å². The predicted octanol–water partition coefficient (Wildman–Crippen LogP) is -0.882. The largest absolute Gasteiger partial charge is 0.336 e. The van der Waals surface area contributed by atoms with Crippen LogP contribution < -0.4 is 15.5 Å². The molecule has 26 heavy (non-hydrogen) atoms. The first kappa shape index (κ1) is 20.3. The molecular weight excluding hydrogens is 356 g/mol. The molecule has 1 fully saturated rings. The fourth-order valence-electron chi connectivity index (χ4n) is 2.78. The van der Waals surface area contributed by atoms with Gasteiger partial charge < -0.3 is 10.2 Å². The second-order valence-corrected chi connectivity index (χ2v) is 8.76. The number of quaternary nitrogens is 1. The number of hydrogen-bond donors (Lipinski definition) is 3. The minimum atomic E-state index is -3.51. The van der Waals surface area contributed by atoms with Crippen LogP contribution in [-0.4, -0.2) is 63.4 Å². The maximum Gasteiger partial charge on any atom is 0.321 e. The van der Waals surface area contributed by atoms with Gasteiger partial charge in [0.1, 0.15) is 0 Å². The number of benzene rings is 1. The molecule has 3 N–H and O–H groups in total. The van der Waals surface area contributed by atoms with Gasteiger partial charge in [-0.2, -0.15) is 4.31 Å². The normalized spacial score (nSPS) is 16.5. The molecule has 2 rings (SSSR count). The summed E-state index contributed by atoms with van der Waals surface area (Å²) in [5.41, 5.74) is 1.01. The number of aryl methyl sites for hydroxylation is 1. The lowest BCUT2D eigenvalue weighted by molar-refractivity contribution is -0.895. The number of piperazine rings is 1. The molecule has 0 saturated carbocycles. The molecule has 1 aliphatic heterocycles. The van der Waals surface area contributed by atoms with E-state index in [-0.39, 0.29) is 23.4 Å². The van der Waals surface area contributed by atoms with Crippen LogP contribution in [0.25, 0.3) is 0 Å². The van der Waals surface area contributed by atoms with Gasteiger partial charge in [-0.05, 0) is 32.9 Å². The summed E-state index contributed by atoms with van der Waals surface area (Å²) < 4.78 is 26.8. The number of rotatable bonds is 5. The summed E-state index contributed by atoms with van der Waals surface area (Å²) in [4.78, 5) is 24.7. The minimum absolute atomic E-state index is 0.0503. The van der Waals surface area contributed by atoms with Gasteiger partial charge in [-0.15, -0.1) is 0 Å². The first-order valence-electron chi connectivity index (χ1n) is 8.69. The van der Waals surface area contributed by atoms with Crippen molar-refractivity contribution in [2.24, 2.45) is 0 Å². The van der Waals surface area contributed by atoms with E-state index in [0.29, 0.717) is 26.2 Å². The van der Waals surface area contributed by atoms with Crippen LogP contribution in [0.1, 0.15) is 19.4 Å². The Morgan fingerprint density at radius 2 is 1.73 bits per heavy atom. The monoisotopic (exact) mass is 383 g/mol. The van der Waals surface area contributed by atoms with Crippen LogP contribution in [-0.2, 0) is 14.8 Å². The Labute approximate surface area is 154 Å². The standard InChI is InChI=1S/C17H26N4O4S/c1-13(2)18-17(23)19-16(22)12-20-8-10-21(11-9-20)26(24,25)15-6-4-14(3)5-7-15/h4-7,13H,8-12H2,1-3H3,(H2,18,19,22,23)/p+1. The number of nitrogens with one attached hydrogen (secondary N) is 3. The first-order chi connectivity index (χ1) is 12.2. The van der Waals surface area contributed by atoms with Crippen molar-refractivity contribution in [3.8, 4) is 0 Å². The van der Waals surface area contributed by atoms with Crippen molar-refractivity contribution in [2.75, 3.05) is 32.7 Å². The van der Waals surface area contributed by atoms with E-state index in [0.717, 1.165) is 10.5 Å². The number of carbonyl (C=O) groups is 2. The van der Waals surface area contributed by atoms with E-state index in [1.165, 1.54) is 4.31 Å². The molecule has 0 radical (unpaired) electrons. The molecule has 1 aliphatic rings. The van der Waals surface area contributed by atoms with E-state index in [2.05, 4.69) is 10.6 Å². The van der Waals surface area contributed by atoms with Gasteiger partial charge in [0.05, 0.1) is 31.1 Å². The zero-order valence-corrected chi connectivity index (χ0v) is 16.2. The summed E-state index contributed by atoms with van der Waals surface area (Å²) in [7, 11) is -3.51. The molecule has 0 aliphatic carbocycles. The number of urea groups is 1. The van der Waals surface area contributed by atoms with Crippen LogP contribution in [0.2, 0.25) is 0 Å². The van der Waals surface area contributed by atoms with Gasteiger partial charge in [0.25, 0.3) is 5.91 Å². The molecule has 0 aromatic heterocycles. The SMILES string of the molecule is Cc1ccc(S(=O)(=O)N2CC[NH+](CC(=O)NC(=O)NC(C)C)CC2)cc1. The summed E-state index contributed by atoms with van der Waals surface area (Å²) in [5.74, 6) is -0.368. The number of sulfonamides is 1. The van der Waals surface area contributed by atoms with E-state index in [9.17, 15) is 18.0 Å². The number of amides is 3. The lowest BCUT2D eigenvalue weighted by atomic mass is 10.2. The Bertz CT molecular complexity index is 739. The molecule has 1 saturated heterocycles. The Kier molecular flexibility index (Phi) is 6.74. The quantitative estimate of drug-likeness (QED) is 0.615. The summed E-state index contributed by atoms with van der Waals surface area (Å²) in [6, 6.07) is 6.23. The Hall–Kier alpha value is -1.97. The highest BCUT2D eigenvalue weighted by Gasteiger charge is 2.31. The number of imide groups is 1. The van der Waals surface area contributed by atoms with Gasteiger partial charge in [-0.25, -0.2) is 13.2 Å². The predicted molar refractivity (Wildman–Crippen MR) is 97.3 cm³/mol. The summed E-state index contributed by atoms with van der Waals surface area (Å²) >= 11 is 0. The fraction of sp³-hybridized carbons (Fsp3) is 0.529. The van der Waals surface area contributed by atoms with E-state index >= 15 is 0 Å². The van der Waals surface area contributed by atoms with E-state index in [4.69, 9.17) is 0 Å². The molecule has 1 aromatic rings. The van der Waals surface area contributed by atoms with Crippen molar-refractivity contribution in [3.05, 3.63) is 29.8 Å². The minimum Gasteiger partial charge on any atom is -0.336 e. The van der Waals surface area contributed by atoms with Crippen molar-refractivity contribution in [3.63, 3.8) is 0 Å². The van der Waals surface area contributed by atoms with E-state index in [1.54, 1.807) is 24.3 Å². The van der Waals surface area contributed by atoms with Gasteiger partial charge in [0, 0.05) is 6.04 Å². The molecule has 144 valence electrons. The topological polar surface area (TPSA) is 100 Å². The Balaban J connectivity index is 1.86. The van der Waals surface area contributed by atoms with Gasteiger partial charge in [0.15, 0.2) is 6.54 Å². The number of nitrogens with zero attached hydrogens (tertiary/aromatic N) is 1. The van der Waals surface area contributed by atoms with Crippen molar-refractivity contribution in [1.29, 1.82) is 0 Å². The Morgan fingerprint density at radius 3 is 2.27 bits per heavy atom. The number of carbonyl (C=O) groups excluding carboxylic acids is 2. The summed E-state index contributed by atoms with van der Waals surface area (Å²) in [6.07, 6.45) is 0. The average molecular weight is 383 g/mol. The van der Waals surface area contributed by atoms with Crippen LogP contribution in [0, 0.1) is 6.92 Å². The molecule has 0 unspecified atom stereocenters. The summed E-state index contributed by atoms with van der Waals surface area (Å²) in [5, 5.41) is 4.88. The molecule has 0 spiro atoms. The molecular formula is C17H27N4O4S+. The third kappa shape index (κ3) is 5.52. The van der Waals surface area contributed by atoms with Crippen LogP contribution in [0.4, 0.5) is 4.79 Å². The number of hydrogen-bond acceptors (Lipinski definition) is 4. The highest BCUT2D eigenvalue weighted by Crippen LogP contribution is 2.16. The highest BCUT2D eigenvalue weighted by atomic mass is 32.2. The average Bonchev–Trinajstić information content (AvgIpc) is 2.54. The molecule has 0 bridgehead atoms. The maximum atomic E-state index is 12.7. The molecule has 0 atom stereocenters. The molecule has 9 heteroatoms. The van der Waals surface area contributed by atoms with Gasteiger partial charge in [0.2, 0.25) is 10.0 Å². The molecule has 1 aromatic carbocycles. The van der Waals surface area contributed by atoms with Crippen LogP contribution in [0.15, 0.2) is 29.2 Å². The van der Waals surface area contributed by atoms with E-state index < -0.39 is 16.1 Å². The van der Waals surface area contributed by atoms with Crippen LogP contribution >= 0.6 is 0 Å². The van der Waals surface area contributed by atoms with Crippen molar-refractivity contribution in [2.45, 2.75) is 31.7 Å². The smallest absolute Gasteiger partial charge is 0.321 e. The fourth-order valence-corrected chi connectivity index (χ4v) is 4.22. The third-order valence-electron chi connectivity index (χ3n) is 4.17. The zero-order chi connectivity index (χ0) is 19.3. The lowest BCUT2D eigenvalue weighted by Gasteiger charge is -2.31. The van der Waals surface area contributed by atoms with Crippen molar-refractivity contribution < 1.29 is 22.9 Å². The Morgan fingerprint density at radius 1 is 1.15 bits per heavy atom. The van der Waals surface area contributed by atoms with Crippen LogP contribution in [0.5, 0.6) is 0 Å². The van der Waals surface area contributed by atoms with Gasteiger partial charge in [-0.1, -0.05) is 17.7 Å². The summed E-state index contributed by atoms with van der Waals surface area (Å²) in [6.45, 7) is 7.39. The second-order valence-electron chi connectivity index (χ2n) is 6.82. The third-order valence-corrected chi connectivity index (χ3v) is 6.08. The highest BCUT2D eigenvalue weighted by molar-refractivity contribution is 7.89. The van der Waals surface area contributed by atoms with Gasteiger partial charge >= 0.3 is 6.03 Å². The first-order valence-corrected chi connectivity index (χ1v) is 10.1. The van der Waals surface area contributed by atoms with Gasteiger partial charge in [-0.3, -0.25) is 10.1 Å². The maximum absolute atomic E-state index is 12.7.